The maximum atomic E-state index is 11.4. The summed E-state index contributed by atoms with van der Waals surface area (Å²) in [6, 6.07) is 33.9. The average molecular weight is 458 g/mol. The summed E-state index contributed by atoms with van der Waals surface area (Å²) in [4.78, 5) is 13.8. The summed E-state index contributed by atoms with van der Waals surface area (Å²) in [5.41, 5.74) is 8.58. The van der Waals surface area contributed by atoms with Crippen LogP contribution in [0.5, 0.6) is 5.75 Å². The number of carbonyl (C=O) groups excluding carboxylic acids is 1. The van der Waals surface area contributed by atoms with Gasteiger partial charge in [0.25, 0.3) is 0 Å². The van der Waals surface area contributed by atoms with E-state index < -0.39 is 5.97 Å². The first kappa shape index (κ1) is 22.4. The van der Waals surface area contributed by atoms with Crippen LogP contribution < -0.4 is 9.64 Å². The van der Waals surface area contributed by atoms with E-state index in [4.69, 9.17) is 4.74 Å². The van der Waals surface area contributed by atoms with E-state index in [1.165, 1.54) is 28.1 Å². The largest absolute Gasteiger partial charge is 0.423 e. The minimum Gasteiger partial charge on any atom is -0.423 e. The first-order valence-electron chi connectivity index (χ1n) is 11.8. The Balaban J connectivity index is 1.41. The van der Waals surface area contributed by atoms with Crippen molar-refractivity contribution in [3.63, 3.8) is 0 Å². The van der Waals surface area contributed by atoms with E-state index in [-0.39, 0.29) is 6.04 Å². The number of benzene rings is 4. The third kappa shape index (κ3) is 4.95. The van der Waals surface area contributed by atoms with Gasteiger partial charge in [-0.25, -0.2) is 4.79 Å². The van der Waals surface area contributed by atoms with Crippen molar-refractivity contribution in [3.05, 3.63) is 138 Å². The Hall–Kier alpha value is -4.37. The number of carbonyl (C=O) groups is 1. The van der Waals surface area contributed by atoms with Crippen molar-refractivity contribution in [3.8, 4) is 5.75 Å². The van der Waals surface area contributed by atoms with Crippen LogP contribution >= 0.6 is 0 Å². The Labute approximate surface area is 206 Å². The molecule has 3 nitrogen and oxygen atoms in total. The van der Waals surface area contributed by atoms with Gasteiger partial charge in [-0.15, -0.1) is 0 Å². The Morgan fingerprint density at radius 1 is 0.886 bits per heavy atom. The molecule has 0 fully saturated rings. The van der Waals surface area contributed by atoms with Crippen molar-refractivity contribution in [1.29, 1.82) is 0 Å². The predicted octanol–water partition coefficient (Wildman–Crippen LogP) is 7.69. The molecule has 1 aliphatic rings. The summed E-state index contributed by atoms with van der Waals surface area (Å²) in [7, 11) is 0. The van der Waals surface area contributed by atoms with Crippen molar-refractivity contribution in [1.82, 2.24) is 0 Å². The lowest BCUT2D eigenvalue weighted by molar-refractivity contribution is -0.128. The number of hydrogen-bond donors (Lipinski definition) is 0. The quantitative estimate of drug-likeness (QED) is 0.129. The molecular weight excluding hydrogens is 430 g/mol. The van der Waals surface area contributed by atoms with Crippen LogP contribution in [-0.4, -0.2) is 5.97 Å². The highest BCUT2D eigenvalue weighted by molar-refractivity contribution is 5.83. The van der Waals surface area contributed by atoms with Crippen molar-refractivity contribution in [2.24, 2.45) is 0 Å². The Morgan fingerprint density at radius 2 is 1.57 bits per heavy atom. The van der Waals surface area contributed by atoms with Gasteiger partial charge in [0, 0.05) is 17.5 Å². The molecule has 4 aromatic rings. The summed E-state index contributed by atoms with van der Waals surface area (Å²) in [5, 5.41) is 0. The number of anilines is 2. The van der Waals surface area contributed by atoms with Gasteiger partial charge in [0.1, 0.15) is 5.75 Å². The van der Waals surface area contributed by atoms with Gasteiger partial charge < -0.3 is 9.64 Å². The first-order valence-corrected chi connectivity index (χ1v) is 11.8. The normalized spacial score (nSPS) is 14.7. The highest BCUT2D eigenvalue weighted by atomic mass is 16.5. The molecule has 1 atom stereocenters. The second kappa shape index (κ2) is 9.86. The molecule has 35 heavy (non-hydrogen) atoms. The molecular formula is C32H27NO2. The third-order valence-electron chi connectivity index (χ3n) is 6.32. The van der Waals surface area contributed by atoms with Crippen molar-refractivity contribution in [2.75, 3.05) is 4.90 Å². The molecule has 0 saturated carbocycles. The number of esters is 1. The van der Waals surface area contributed by atoms with Gasteiger partial charge in [0.15, 0.2) is 0 Å². The van der Waals surface area contributed by atoms with Crippen LogP contribution in [0.4, 0.5) is 11.4 Å². The Bertz CT molecular complexity index is 1370. The number of ether oxygens (including phenoxy) is 1. The maximum absolute atomic E-state index is 11.4. The second-order valence-corrected chi connectivity index (χ2v) is 8.75. The van der Waals surface area contributed by atoms with E-state index in [1.807, 2.05) is 12.1 Å². The lowest BCUT2D eigenvalue weighted by Crippen LogP contribution is -2.19. The fourth-order valence-corrected chi connectivity index (χ4v) is 4.54. The summed E-state index contributed by atoms with van der Waals surface area (Å²) in [6.45, 7) is 5.54. The molecule has 1 heterocycles. The molecule has 172 valence electrons. The highest BCUT2D eigenvalue weighted by Crippen LogP contribution is 2.45. The van der Waals surface area contributed by atoms with E-state index in [0.717, 1.165) is 23.6 Å². The van der Waals surface area contributed by atoms with Gasteiger partial charge in [0.2, 0.25) is 0 Å². The maximum Gasteiger partial charge on any atom is 0.335 e. The number of aryl methyl sites for hydroxylation is 1. The SMILES string of the molecule is C=CC(=O)Oc1ccc(C=Cc2ccc3c(c2)CC(c2ccccc2)N3c2ccc(C)cc2)cc1. The number of rotatable bonds is 6. The molecule has 4 aromatic carbocycles. The Morgan fingerprint density at radius 3 is 2.29 bits per heavy atom. The van der Waals surface area contributed by atoms with E-state index in [2.05, 4.69) is 103 Å². The molecule has 1 unspecified atom stereocenters. The van der Waals surface area contributed by atoms with Crippen LogP contribution in [0.15, 0.2) is 110 Å². The zero-order valence-corrected chi connectivity index (χ0v) is 19.7. The molecule has 0 radical (unpaired) electrons. The van der Waals surface area contributed by atoms with E-state index in [0.29, 0.717) is 5.75 Å². The number of fused-ring (bicyclic) bond motifs is 1. The molecule has 3 heteroatoms. The van der Waals surface area contributed by atoms with Gasteiger partial charge in [-0.05, 0) is 72.0 Å². The molecule has 0 saturated heterocycles. The lowest BCUT2D eigenvalue weighted by atomic mass is 10.0. The summed E-state index contributed by atoms with van der Waals surface area (Å²) in [5.74, 6) is 0.0488. The monoisotopic (exact) mass is 457 g/mol. The van der Waals surface area contributed by atoms with Crippen LogP contribution in [0.25, 0.3) is 12.2 Å². The van der Waals surface area contributed by atoms with Crippen LogP contribution in [0.3, 0.4) is 0 Å². The van der Waals surface area contributed by atoms with Crippen molar-refractivity contribution in [2.45, 2.75) is 19.4 Å². The highest BCUT2D eigenvalue weighted by Gasteiger charge is 2.31. The zero-order valence-electron chi connectivity index (χ0n) is 19.7. The molecule has 0 N–H and O–H groups in total. The van der Waals surface area contributed by atoms with Crippen molar-refractivity contribution < 1.29 is 9.53 Å². The second-order valence-electron chi connectivity index (χ2n) is 8.75. The number of nitrogens with zero attached hydrogens (tertiary/aromatic N) is 1. The number of hydrogen-bond acceptors (Lipinski definition) is 3. The molecule has 0 bridgehead atoms. The third-order valence-corrected chi connectivity index (χ3v) is 6.32. The summed E-state index contributed by atoms with van der Waals surface area (Å²) >= 11 is 0. The predicted molar refractivity (Wildman–Crippen MR) is 144 cm³/mol. The molecule has 0 amide bonds. The molecule has 5 rings (SSSR count). The van der Waals surface area contributed by atoms with Gasteiger partial charge in [-0.3, -0.25) is 0 Å². The average Bonchev–Trinajstić information content (AvgIpc) is 3.28. The zero-order chi connectivity index (χ0) is 24.2. The molecule has 0 aliphatic carbocycles. The van der Waals surface area contributed by atoms with Crippen LogP contribution in [0.1, 0.15) is 33.9 Å². The van der Waals surface area contributed by atoms with Crippen LogP contribution in [-0.2, 0) is 11.2 Å². The summed E-state index contributed by atoms with van der Waals surface area (Å²) in [6.07, 6.45) is 6.31. The molecule has 1 aliphatic heterocycles. The van der Waals surface area contributed by atoms with E-state index >= 15 is 0 Å². The van der Waals surface area contributed by atoms with E-state index in [9.17, 15) is 4.79 Å². The fourth-order valence-electron chi connectivity index (χ4n) is 4.54. The summed E-state index contributed by atoms with van der Waals surface area (Å²) < 4.78 is 5.15. The first-order chi connectivity index (χ1) is 17.1. The molecule has 0 aromatic heterocycles. The van der Waals surface area contributed by atoms with Gasteiger partial charge in [-0.1, -0.05) is 85.0 Å². The topological polar surface area (TPSA) is 29.5 Å². The minimum absolute atomic E-state index is 0.263. The van der Waals surface area contributed by atoms with E-state index in [1.54, 1.807) is 12.1 Å². The van der Waals surface area contributed by atoms with Gasteiger partial charge >= 0.3 is 5.97 Å². The smallest absolute Gasteiger partial charge is 0.335 e. The van der Waals surface area contributed by atoms with Crippen molar-refractivity contribution >= 4 is 29.5 Å². The Kier molecular flexibility index (Phi) is 6.32. The van der Waals surface area contributed by atoms with Crippen LogP contribution in [0, 0.1) is 6.92 Å². The van der Waals surface area contributed by atoms with Gasteiger partial charge in [-0.2, -0.15) is 0 Å². The standard InChI is InChI=1S/C32H27NO2/c1-3-32(34)35-29-18-13-24(14-19-29)11-12-25-15-20-30-27(21-25)22-31(26-7-5-4-6-8-26)33(30)28-16-9-23(2)10-17-28/h3-21,31H,1,22H2,2H3. The van der Waals surface area contributed by atoms with Gasteiger partial charge in [0.05, 0.1) is 6.04 Å². The molecule has 0 spiro atoms. The lowest BCUT2D eigenvalue weighted by Gasteiger charge is -2.28. The fraction of sp³-hybridized carbons (Fsp3) is 0.0938. The van der Waals surface area contributed by atoms with Crippen LogP contribution in [0.2, 0.25) is 0 Å². The minimum atomic E-state index is -0.458.